The molecule has 1 unspecified atom stereocenters. The number of nitrogens with zero attached hydrogens (tertiary/aromatic N) is 1. The molecular formula is C11H10ClNO2. The Kier molecular flexibility index (Phi) is 4.14. The van der Waals surface area contributed by atoms with Crippen LogP contribution in [-0.2, 0) is 9.53 Å². The molecule has 1 rings (SSSR count). The van der Waals surface area contributed by atoms with Crippen LogP contribution >= 0.6 is 11.6 Å². The number of carbonyl (C=O) groups excluding carboxylic acids is 1. The van der Waals surface area contributed by atoms with E-state index in [-0.39, 0.29) is 6.42 Å². The van der Waals surface area contributed by atoms with Crippen LogP contribution in [0.25, 0.3) is 0 Å². The average Bonchev–Trinajstić information content (AvgIpc) is 2.27. The zero-order valence-electron chi connectivity index (χ0n) is 8.24. The smallest absolute Gasteiger partial charge is 0.307 e. The highest BCUT2D eigenvalue weighted by Gasteiger charge is 2.15. The summed E-state index contributed by atoms with van der Waals surface area (Å²) < 4.78 is 4.51. The summed E-state index contributed by atoms with van der Waals surface area (Å²) in [6.07, 6.45) is 0.0641. The molecule has 4 heteroatoms. The Balaban J connectivity index is 2.80. The third-order valence-corrected chi connectivity index (χ3v) is 2.28. The van der Waals surface area contributed by atoms with Crippen LogP contribution in [0.3, 0.4) is 0 Å². The molecule has 3 nitrogen and oxygen atoms in total. The molecule has 0 saturated heterocycles. The lowest BCUT2D eigenvalue weighted by Crippen LogP contribution is -2.07. The van der Waals surface area contributed by atoms with Gasteiger partial charge in [0.15, 0.2) is 0 Å². The topological polar surface area (TPSA) is 50.1 Å². The molecule has 1 aromatic rings. The summed E-state index contributed by atoms with van der Waals surface area (Å²) in [6, 6.07) is 8.92. The van der Waals surface area contributed by atoms with Crippen molar-refractivity contribution < 1.29 is 9.53 Å². The van der Waals surface area contributed by atoms with Crippen molar-refractivity contribution in [3.8, 4) is 6.07 Å². The van der Waals surface area contributed by atoms with Crippen LogP contribution in [0.15, 0.2) is 24.3 Å². The molecular weight excluding hydrogens is 214 g/mol. The van der Waals surface area contributed by atoms with Crippen LogP contribution in [0.4, 0.5) is 0 Å². The first kappa shape index (κ1) is 11.5. The second kappa shape index (κ2) is 5.38. The zero-order valence-corrected chi connectivity index (χ0v) is 8.99. The summed E-state index contributed by atoms with van der Waals surface area (Å²) in [7, 11) is 1.30. The maximum Gasteiger partial charge on any atom is 0.307 e. The Labute approximate surface area is 93.2 Å². The molecule has 0 heterocycles. The van der Waals surface area contributed by atoms with Crippen molar-refractivity contribution in [2.24, 2.45) is 0 Å². The second-order valence-corrected chi connectivity index (χ2v) is 3.45. The van der Waals surface area contributed by atoms with Gasteiger partial charge in [0.05, 0.1) is 25.5 Å². The van der Waals surface area contributed by atoms with Gasteiger partial charge in [-0.2, -0.15) is 5.26 Å². The molecule has 78 valence electrons. The number of methoxy groups -OCH3 is 1. The Morgan fingerprint density at radius 1 is 1.53 bits per heavy atom. The monoisotopic (exact) mass is 223 g/mol. The lowest BCUT2D eigenvalue weighted by molar-refractivity contribution is -0.140. The standard InChI is InChI=1S/C11H10ClNO2/c1-15-11(14)6-9(7-13)8-2-4-10(12)5-3-8/h2-5,9H,6H2,1H3. The summed E-state index contributed by atoms with van der Waals surface area (Å²) in [6.45, 7) is 0. The summed E-state index contributed by atoms with van der Waals surface area (Å²) >= 11 is 5.72. The third-order valence-electron chi connectivity index (χ3n) is 2.03. The van der Waals surface area contributed by atoms with E-state index in [0.717, 1.165) is 5.56 Å². The Morgan fingerprint density at radius 3 is 2.60 bits per heavy atom. The lowest BCUT2D eigenvalue weighted by atomic mass is 9.97. The molecule has 0 aliphatic heterocycles. The van der Waals surface area contributed by atoms with Crippen molar-refractivity contribution >= 4 is 17.6 Å². The van der Waals surface area contributed by atoms with Crippen molar-refractivity contribution in [2.45, 2.75) is 12.3 Å². The Bertz CT molecular complexity index is 381. The van der Waals surface area contributed by atoms with Gasteiger partial charge in [0.1, 0.15) is 0 Å². The van der Waals surface area contributed by atoms with E-state index in [1.165, 1.54) is 7.11 Å². The highest BCUT2D eigenvalue weighted by atomic mass is 35.5. The molecule has 0 aliphatic carbocycles. The van der Waals surface area contributed by atoms with Gasteiger partial charge in [-0.1, -0.05) is 23.7 Å². The van der Waals surface area contributed by atoms with Crippen LogP contribution in [0.1, 0.15) is 17.9 Å². The van der Waals surface area contributed by atoms with Gasteiger partial charge in [0.25, 0.3) is 0 Å². The Morgan fingerprint density at radius 2 is 2.13 bits per heavy atom. The van der Waals surface area contributed by atoms with E-state index in [1.54, 1.807) is 24.3 Å². The molecule has 1 atom stereocenters. The number of hydrogen-bond donors (Lipinski definition) is 0. The zero-order chi connectivity index (χ0) is 11.3. The largest absolute Gasteiger partial charge is 0.469 e. The molecule has 0 aromatic heterocycles. The highest BCUT2D eigenvalue weighted by molar-refractivity contribution is 6.30. The van der Waals surface area contributed by atoms with Crippen LogP contribution in [0, 0.1) is 11.3 Å². The fourth-order valence-electron chi connectivity index (χ4n) is 1.18. The van der Waals surface area contributed by atoms with Crippen molar-refractivity contribution in [3.63, 3.8) is 0 Å². The molecule has 0 saturated carbocycles. The number of nitriles is 1. The molecule has 0 amide bonds. The van der Waals surface area contributed by atoms with Gasteiger partial charge in [0.2, 0.25) is 0 Å². The minimum Gasteiger partial charge on any atom is -0.469 e. The number of halogens is 1. The molecule has 0 bridgehead atoms. The normalized spacial score (nSPS) is 11.5. The number of rotatable bonds is 3. The van der Waals surface area contributed by atoms with Gasteiger partial charge in [-0.15, -0.1) is 0 Å². The van der Waals surface area contributed by atoms with Gasteiger partial charge in [-0.05, 0) is 17.7 Å². The predicted octanol–water partition coefficient (Wildman–Crippen LogP) is 2.51. The van der Waals surface area contributed by atoms with E-state index in [1.807, 2.05) is 0 Å². The fraction of sp³-hybridized carbons (Fsp3) is 0.273. The summed E-state index contributed by atoms with van der Waals surface area (Å²) in [5.41, 5.74) is 0.771. The van der Waals surface area contributed by atoms with E-state index in [2.05, 4.69) is 10.8 Å². The predicted molar refractivity (Wildman–Crippen MR) is 56.4 cm³/mol. The van der Waals surface area contributed by atoms with E-state index in [0.29, 0.717) is 5.02 Å². The third kappa shape index (κ3) is 3.26. The summed E-state index contributed by atoms with van der Waals surface area (Å²) in [5, 5.41) is 9.51. The number of benzene rings is 1. The minimum absolute atomic E-state index is 0.0641. The number of carbonyl (C=O) groups is 1. The molecule has 0 radical (unpaired) electrons. The van der Waals surface area contributed by atoms with Crippen LogP contribution in [0.5, 0.6) is 0 Å². The second-order valence-electron chi connectivity index (χ2n) is 3.01. The van der Waals surface area contributed by atoms with E-state index < -0.39 is 11.9 Å². The van der Waals surface area contributed by atoms with Gasteiger partial charge in [-0.3, -0.25) is 4.79 Å². The molecule has 0 N–H and O–H groups in total. The number of esters is 1. The van der Waals surface area contributed by atoms with Gasteiger partial charge in [0, 0.05) is 5.02 Å². The first-order valence-corrected chi connectivity index (χ1v) is 4.77. The maximum atomic E-state index is 11.0. The van der Waals surface area contributed by atoms with Gasteiger partial charge >= 0.3 is 5.97 Å². The average molecular weight is 224 g/mol. The first-order valence-electron chi connectivity index (χ1n) is 4.39. The molecule has 0 aliphatic rings. The highest BCUT2D eigenvalue weighted by Crippen LogP contribution is 2.21. The van der Waals surface area contributed by atoms with Crippen LogP contribution in [-0.4, -0.2) is 13.1 Å². The first-order chi connectivity index (χ1) is 7.17. The van der Waals surface area contributed by atoms with Crippen LogP contribution < -0.4 is 0 Å². The molecule has 15 heavy (non-hydrogen) atoms. The molecule has 1 aromatic carbocycles. The van der Waals surface area contributed by atoms with Crippen LogP contribution in [0.2, 0.25) is 5.02 Å². The van der Waals surface area contributed by atoms with Crippen molar-refractivity contribution in [2.75, 3.05) is 7.11 Å². The number of hydrogen-bond acceptors (Lipinski definition) is 3. The molecule has 0 fully saturated rings. The maximum absolute atomic E-state index is 11.0. The van der Waals surface area contributed by atoms with E-state index in [9.17, 15) is 4.79 Å². The van der Waals surface area contributed by atoms with Crippen molar-refractivity contribution in [1.29, 1.82) is 5.26 Å². The van der Waals surface area contributed by atoms with Gasteiger partial charge < -0.3 is 4.74 Å². The SMILES string of the molecule is COC(=O)CC(C#N)c1ccc(Cl)cc1. The van der Waals surface area contributed by atoms with Crippen molar-refractivity contribution in [1.82, 2.24) is 0 Å². The molecule has 0 spiro atoms. The Hall–Kier alpha value is -1.53. The van der Waals surface area contributed by atoms with E-state index >= 15 is 0 Å². The van der Waals surface area contributed by atoms with E-state index in [4.69, 9.17) is 16.9 Å². The van der Waals surface area contributed by atoms with Gasteiger partial charge in [-0.25, -0.2) is 0 Å². The number of ether oxygens (including phenoxy) is 1. The summed E-state index contributed by atoms with van der Waals surface area (Å²) in [5.74, 6) is -0.869. The minimum atomic E-state index is -0.477. The fourth-order valence-corrected chi connectivity index (χ4v) is 1.31. The quantitative estimate of drug-likeness (QED) is 0.740. The van der Waals surface area contributed by atoms with Crippen molar-refractivity contribution in [3.05, 3.63) is 34.9 Å². The summed E-state index contributed by atoms with van der Waals surface area (Å²) in [4.78, 5) is 11.0. The lowest BCUT2D eigenvalue weighted by Gasteiger charge is -2.07.